The number of nitrogens with zero attached hydrogens (tertiary/aromatic N) is 3. The van der Waals surface area contributed by atoms with E-state index < -0.39 is 5.97 Å². The highest BCUT2D eigenvalue weighted by Crippen LogP contribution is 2.18. The minimum absolute atomic E-state index is 0. The van der Waals surface area contributed by atoms with Crippen LogP contribution in [0.3, 0.4) is 0 Å². The number of hydrogen-bond acceptors (Lipinski definition) is 4. The van der Waals surface area contributed by atoms with Gasteiger partial charge in [0.2, 0.25) is 0 Å². The maximum Gasteiger partial charge on any atom is 0.309 e. The minimum atomic E-state index is -0.821. The van der Waals surface area contributed by atoms with E-state index in [2.05, 4.69) is 10.1 Å². The van der Waals surface area contributed by atoms with Gasteiger partial charge in [-0.05, 0) is 5.10 Å². The first-order valence-corrected chi connectivity index (χ1v) is 5.61. The summed E-state index contributed by atoms with van der Waals surface area (Å²) in [7, 11) is 0. The lowest BCUT2D eigenvalue weighted by atomic mass is 10.3. The van der Waals surface area contributed by atoms with E-state index in [4.69, 9.17) is 5.11 Å². The second kappa shape index (κ2) is 6.27. The van der Waals surface area contributed by atoms with E-state index in [-0.39, 0.29) is 18.8 Å². The predicted molar refractivity (Wildman–Crippen MR) is 57.8 cm³/mol. The van der Waals surface area contributed by atoms with Gasteiger partial charge in [-0.1, -0.05) is 4.68 Å². The van der Waals surface area contributed by atoms with Crippen LogP contribution in [-0.4, -0.2) is 21.2 Å². The van der Waals surface area contributed by atoms with Gasteiger partial charge >= 0.3 is 5.97 Å². The zero-order valence-corrected chi connectivity index (χ0v) is 10.4. The van der Waals surface area contributed by atoms with Gasteiger partial charge in [0.25, 0.3) is 0 Å². The summed E-state index contributed by atoms with van der Waals surface area (Å²) in [4.78, 5) is 14.5. The number of carboxylic acid groups (broad SMARTS) is 1. The number of thiazole rings is 1. The summed E-state index contributed by atoms with van der Waals surface area (Å²) in [5, 5.41) is 15.5. The van der Waals surface area contributed by atoms with Crippen molar-refractivity contribution in [1.29, 1.82) is 0 Å². The van der Waals surface area contributed by atoms with Crippen LogP contribution in [-0.2, 0) is 11.3 Å². The fraction of sp³-hybridized carbons (Fsp3) is 0.200. The molecule has 0 aromatic carbocycles. The molecule has 0 bridgehead atoms. The fourth-order valence-corrected chi connectivity index (χ4v) is 1.85. The van der Waals surface area contributed by atoms with Crippen LogP contribution in [0.2, 0.25) is 0 Å². The Hall–Kier alpha value is -1.53. The molecular weight excluding hydrogens is 262 g/mol. The summed E-state index contributed by atoms with van der Waals surface area (Å²) in [6.45, 7) is 0.382. The van der Waals surface area contributed by atoms with E-state index in [1.54, 1.807) is 34.6 Å². The van der Waals surface area contributed by atoms with Crippen LogP contribution in [0.4, 0.5) is 0 Å². The van der Waals surface area contributed by atoms with E-state index in [0.29, 0.717) is 6.54 Å². The van der Waals surface area contributed by atoms with E-state index in [0.717, 1.165) is 10.6 Å². The number of rotatable bonds is 4. The minimum Gasteiger partial charge on any atom is -1.00 e. The average molecular weight is 272 g/mol. The van der Waals surface area contributed by atoms with E-state index >= 15 is 0 Å². The van der Waals surface area contributed by atoms with Gasteiger partial charge in [0, 0.05) is 23.2 Å². The van der Waals surface area contributed by atoms with Crippen molar-refractivity contribution in [1.82, 2.24) is 10.1 Å². The van der Waals surface area contributed by atoms with E-state index in [1.165, 1.54) is 0 Å². The Morgan fingerprint density at radius 2 is 2.35 bits per heavy atom. The van der Waals surface area contributed by atoms with Crippen molar-refractivity contribution >= 4 is 17.3 Å². The molecule has 0 saturated heterocycles. The molecule has 0 aliphatic rings. The largest absolute Gasteiger partial charge is 1.00 e. The van der Waals surface area contributed by atoms with Crippen molar-refractivity contribution in [2.45, 2.75) is 13.0 Å². The van der Waals surface area contributed by atoms with Gasteiger partial charge in [-0.3, -0.25) is 4.79 Å². The molecule has 0 unspecified atom stereocenters. The number of halogens is 1. The first-order chi connectivity index (χ1) is 7.75. The molecule has 0 atom stereocenters. The second-order valence-electron chi connectivity index (χ2n) is 3.16. The number of aliphatic carboxylic acids is 1. The summed E-state index contributed by atoms with van der Waals surface area (Å²) < 4.78 is 1.60. The van der Waals surface area contributed by atoms with Gasteiger partial charge in [-0.25, -0.2) is 4.98 Å². The SMILES string of the molecule is O=C(O)CC[n+]1ccc(-c2nccs2)cn1.[Cl-]. The highest BCUT2D eigenvalue weighted by molar-refractivity contribution is 7.13. The summed E-state index contributed by atoms with van der Waals surface area (Å²) in [5.74, 6) is -0.821. The summed E-state index contributed by atoms with van der Waals surface area (Å²) in [6, 6.07) is 1.88. The van der Waals surface area contributed by atoms with E-state index in [1.807, 2.05) is 11.4 Å². The highest BCUT2D eigenvalue weighted by atomic mass is 35.5. The first-order valence-electron chi connectivity index (χ1n) is 4.73. The lowest BCUT2D eigenvalue weighted by Crippen LogP contribution is -3.00. The molecule has 5 nitrogen and oxygen atoms in total. The Kier molecular flexibility index (Phi) is 4.99. The van der Waals surface area contributed by atoms with E-state index in [9.17, 15) is 4.79 Å². The Labute approximate surface area is 108 Å². The third-order valence-corrected chi connectivity index (χ3v) is 2.83. The third kappa shape index (κ3) is 3.76. The predicted octanol–water partition coefficient (Wildman–Crippen LogP) is -2.03. The molecule has 0 fully saturated rings. The third-order valence-electron chi connectivity index (χ3n) is 2.01. The monoisotopic (exact) mass is 271 g/mol. The molecule has 0 aliphatic heterocycles. The van der Waals surface area contributed by atoms with Gasteiger partial charge in [0.15, 0.2) is 12.7 Å². The van der Waals surface area contributed by atoms with Crippen molar-refractivity contribution in [3.8, 4) is 10.6 Å². The van der Waals surface area contributed by atoms with Crippen molar-refractivity contribution in [2.24, 2.45) is 0 Å². The number of carboxylic acids is 1. The second-order valence-corrected chi connectivity index (χ2v) is 4.05. The van der Waals surface area contributed by atoms with Gasteiger partial charge in [-0.2, -0.15) is 0 Å². The molecule has 0 saturated carbocycles. The van der Waals surface area contributed by atoms with Crippen molar-refractivity contribution in [2.75, 3.05) is 0 Å². The molecule has 0 radical (unpaired) electrons. The summed E-state index contributed by atoms with van der Waals surface area (Å²) >= 11 is 1.55. The van der Waals surface area contributed by atoms with Crippen LogP contribution in [0.5, 0.6) is 0 Å². The molecule has 17 heavy (non-hydrogen) atoms. The van der Waals surface area contributed by atoms with Crippen molar-refractivity contribution in [3.63, 3.8) is 0 Å². The molecule has 7 heteroatoms. The number of aromatic nitrogens is 3. The lowest BCUT2D eigenvalue weighted by Gasteiger charge is -1.94. The van der Waals surface area contributed by atoms with Crippen molar-refractivity contribution < 1.29 is 27.0 Å². The maximum absolute atomic E-state index is 10.4. The molecule has 2 aromatic heterocycles. The van der Waals surface area contributed by atoms with Gasteiger partial charge in [0.1, 0.15) is 17.6 Å². The van der Waals surface area contributed by atoms with Crippen molar-refractivity contribution in [3.05, 3.63) is 30.0 Å². The topological polar surface area (TPSA) is 67.0 Å². The molecule has 0 amide bonds. The Bertz CT molecular complexity index is 473. The molecule has 90 valence electrons. The number of hydrogen-bond donors (Lipinski definition) is 1. The first kappa shape index (κ1) is 13.5. The molecular formula is C10H10ClN3O2S. The quantitative estimate of drug-likeness (QED) is 0.652. The Balaban J connectivity index is 0.00000144. The van der Waals surface area contributed by atoms with Crippen LogP contribution < -0.4 is 17.1 Å². The summed E-state index contributed by atoms with van der Waals surface area (Å²) in [5.41, 5.74) is 0.946. The standard InChI is InChI=1S/C10H9N3O2S.ClH/c14-9(15)2-5-13-4-1-8(7-12-13)10-11-3-6-16-10;/h1,3-4,6-7H,2,5H2;1H. The summed E-state index contributed by atoms with van der Waals surface area (Å²) in [6.07, 6.45) is 5.28. The van der Waals surface area contributed by atoms with Gasteiger partial charge < -0.3 is 17.5 Å². The smallest absolute Gasteiger partial charge is 0.309 e. The van der Waals surface area contributed by atoms with Gasteiger partial charge in [0.05, 0.1) is 0 Å². The van der Waals surface area contributed by atoms with Crippen LogP contribution in [0.25, 0.3) is 10.6 Å². The zero-order valence-electron chi connectivity index (χ0n) is 8.78. The zero-order chi connectivity index (χ0) is 11.4. The molecule has 2 heterocycles. The number of carbonyl (C=O) groups is 1. The van der Waals surface area contributed by atoms with Crippen LogP contribution in [0.15, 0.2) is 30.0 Å². The average Bonchev–Trinajstić information content (AvgIpc) is 2.80. The fourth-order valence-electron chi connectivity index (χ4n) is 1.22. The molecule has 2 rings (SSSR count). The molecule has 0 spiro atoms. The van der Waals surface area contributed by atoms with Crippen LogP contribution in [0, 0.1) is 0 Å². The molecule has 1 N–H and O–H groups in total. The Morgan fingerprint density at radius 1 is 1.53 bits per heavy atom. The lowest BCUT2D eigenvalue weighted by molar-refractivity contribution is -0.752. The molecule has 2 aromatic rings. The van der Waals surface area contributed by atoms with Crippen LogP contribution in [0.1, 0.15) is 6.42 Å². The normalized spacial score (nSPS) is 9.65. The van der Waals surface area contributed by atoms with Gasteiger partial charge in [-0.15, -0.1) is 11.3 Å². The van der Waals surface area contributed by atoms with Crippen LogP contribution >= 0.6 is 11.3 Å². The number of aryl methyl sites for hydroxylation is 1. The molecule has 0 aliphatic carbocycles. The highest BCUT2D eigenvalue weighted by Gasteiger charge is 2.08. The Morgan fingerprint density at radius 3 is 2.88 bits per heavy atom. The maximum atomic E-state index is 10.4.